The second-order valence-corrected chi connectivity index (χ2v) is 36.0. The molecule has 0 spiro atoms. The fraction of sp³-hybridized carbons (Fsp3) is 0.281. The van der Waals surface area contributed by atoms with E-state index in [0.29, 0.717) is 50.4 Å². The van der Waals surface area contributed by atoms with Gasteiger partial charge in [-0.1, -0.05) is 260 Å². The summed E-state index contributed by atoms with van der Waals surface area (Å²) in [5.41, 5.74) is 18.8. The van der Waals surface area contributed by atoms with E-state index in [0.717, 1.165) is 159 Å². The topological polar surface area (TPSA) is 34.2 Å². The lowest BCUT2D eigenvalue weighted by atomic mass is 9.58. The number of ether oxygens (including phenoxy) is 3. The van der Waals surface area contributed by atoms with Gasteiger partial charge in [0.15, 0.2) is 0 Å². The van der Waals surface area contributed by atoms with Gasteiger partial charge in [-0.15, -0.1) is 6.58 Å². The maximum atomic E-state index is 17.8. The second kappa shape index (κ2) is 33.0. The molecule has 0 radical (unpaired) electrons. The van der Waals surface area contributed by atoms with Crippen molar-refractivity contribution in [3.63, 3.8) is 0 Å². The van der Waals surface area contributed by atoms with Crippen LogP contribution in [0.4, 0.5) is 28.9 Å². The van der Waals surface area contributed by atoms with Crippen LogP contribution in [0, 0.1) is 35.0 Å². The molecule has 9 heteroatoms. The molecule has 14 aliphatic carbocycles. The van der Waals surface area contributed by atoms with Crippen LogP contribution in [0.1, 0.15) is 156 Å². The van der Waals surface area contributed by atoms with Crippen LogP contribution in [0.2, 0.25) is 0 Å². The molecule has 6 aromatic carbocycles. The van der Waals surface area contributed by atoms with Gasteiger partial charge in [0.05, 0.1) is 28.4 Å². The van der Waals surface area contributed by atoms with E-state index in [1.54, 1.807) is 12.2 Å². The number of fused-ring (bicyclic) bond motifs is 8. The summed E-state index contributed by atoms with van der Waals surface area (Å²) in [6.45, 7) is 8.04. The zero-order valence-electron chi connectivity index (χ0n) is 69.7. The first-order chi connectivity index (χ1) is 60.5. The minimum Gasteiger partial charge on any atom is -0.491 e. The van der Waals surface area contributed by atoms with Gasteiger partial charge in [-0.3, -0.25) is 0 Å². The van der Waals surface area contributed by atoms with E-state index in [-0.39, 0.29) is 90.2 Å². The van der Waals surface area contributed by atoms with Crippen molar-refractivity contribution in [3.8, 4) is 28.0 Å². The third kappa shape index (κ3) is 14.1. The highest BCUT2D eigenvalue weighted by Crippen LogP contribution is 2.69. The molecule has 0 aromatic heterocycles. The van der Waals surface area contributed by atoms with Crippen LogP contribution in [0.25, 0.3) is 22.3 Å². The van der Waals surface area contributed by atoms with Crippen molar-refractivity contribution >= 4 is 11.4 Å². The molecule has 0 amide bonds. The van der Waals surface area contributed by atoms with Crippen LogP contribution >= 0.6 is 0 Å². The molecule has 14 unspecified atom stereocenters. The predicted molar refractivity (Wildman–Crippen MR) is 490 cm³/mol. The molecule has 0 bridgehead atoms. The van der Waals surface area contributed by atoms with E-state index >= 15 is 17.6 Å². The van der Waals surface area contributed by atoms with Crippen molar-refractivity contribution in [2.24, 2.45) is 35.0 Å². The zero-order chi connectivity index (χ0) is 82.9. The van der Waals surface area contributed by atoms with Gasteiger partial charge in [0.1, 0.15) is 47.4 Å². The highest BCUT2D eigenvalue weighted by atomic mass is 19.1. The maximum Gasteiger partial charge on any atom is 0.126 e. The van der Waals surface area contributed by atoms with Crippen molar-refractivity contribution in [3.05, 3.63) is 448 Å². The number of allylic oxidation sites excluding steroid dienone is 37. The summed E-state index contributed by atoms with van der Waals surface area (Å²) >= 11 is 0. The molecule has 5 nitrogen and oxygen atoms in total. The smallest absolute Gasteiger partial charge is 0.126 e. The molecule has 0 saturated carbocycles. The quantitative estimate of drug-likeness (QED) is 0.0562. The van der Waals surface area contributed by atoms with Gasteiger partial charge in [-0.2, -0.15) is 0 Å². The second-order valence-electron chi connectivity index (χ2n) is 36.0. The van der Waals surface area contributed by atoms with Crippen LogP contribution in [-0.4, -0.2) is 29.3 Å². The number of hydrogen-bond acceptors (Lipinski definition) is 5. The Labute approximate surface area is 722 Å². The Morgan fingerprint density at radius 1 is 0.504 bits per heavy atom. The Morgan fingerprint density at radius 2 is 1.24 bits per heavy atom. The lowest BCUT2D eigenvalue weighted by Gasteiger charge is -2.47. The molecule has 616 valence electrons. The SMILES string of the molecule is C=CC1=CC=C(OC2C=CC(C3(C4=C(F)CCC=C4F)C4=C(C=CCC4)C4CCC(N(C5=CCC(C6=CC=CC(c7ccccc7)C6)C=C5)C5C=CC6c7ccc(N(C8=CC9C(C=C8)c8ccccc8C9(C8=CC=C(OC9C=CC(C=C)CC9)CC8)C8=C(F)CCC=C8F)c8ccc(-c9cccc(-c%10ccccc%10)c9)cc8)cc7OC6C5)=CC43)=CC2)CC1. The van der Waals surface area contributed by atoms with E-state index in [9.17, 15) is 0 Å². The van der Waals surface area contributed by atoms with Gasteiger partial charge in [0.2, 0.25) is 0 Å². The zero-order valence-corrected chi connectivity index (χ0v) is 69.7. The maximum absolute atomic E-state index is 17.8. The van der Waals surface area contributed by atoms with Crippen LogP contribution in [0.5, 0.6) is 5.75 Å². The minimum absolute atomic E-state index is 0.0255. The standard InChI is InChI=1S/C114H104F4N2O3/c1-3-73-35-55-91(56-36-73)121-93-59-43-83(44-60-93)113(111-105(115)31-17-32-106(111)116)101-29-13-11-27-95(101)97-63-51-87(69-103(97)113)119(85-47-39-77(40-48-85)81-25-15-23-79(67-81)75-19-7-5-8-20-75)89-53-65-99-100-66-54-90(72-110(100)123-109(99)71-89)120(86-49-41-78(42-50-86)82-26-16-24-80(68-82)76-21-9-6-10-22-76)88-52-64-98-96-28-12-14-30-102(96)114(104(98)70-88,112-107(117)33-18-34-108(112)118)84-45-61-94(62-46-84)122-92-57-37-74(4-2)38-58-92/h3-13,15-16,19-29,31,33,35,37,39-41,43,45-51,53-55,57,59,61,63,65-67,69-71,73,78,80,90-91,94,97-98,100,103-104,110H,1-2,14,17-18,30,32,34,36,38,42,44,52,56,58,60,62,64,68,72H2. The summed E-state index contributed by atoms with van der Waals surface area (Å²) in [5, 5.41) is 0. The van der Waals surface area contributed by atoms with Gasteiger partial charge in [-0.25, -0.2) is 17.6 Å². The summed E-state index contributed by atoms with van der Waals surface area (Å²) in [7, 11) is 0. The summed E-state index contributed by atoms with van der Waals surface area (Å²) in [6.07, 6.45) is 70.4. The lowest BCUT2D eigenvalue weighted by molar-refractivity contribution is 0.129. The summed E-state index contributed by atoms with van der Waals surface area (Å²) in [5.74, 6) is 0.764. The number of rotatable bonds is 20. The average molecular weight is 1630 g/mol. The van der Waals surface area contributed by atoms with E-state index < -0.39 is 34.2 Å². The monoisotopic (exact) mass is 1620 g/mol. The van der Waals surface area contributed by atoms with Crippen molar-refractivity contribution < 1.29 is 31.8 Å². The van der Waals surface area contributed by atoms with Crippen LogP contribution in [0.15, 0.2) is 425 Å². The molecule has 0 fully saturated rings. The summed E-state index contributed by atoms with van der Waals surface area (Å²) in [6, 6.07) is 53.8. The molecule has 0 saturated heterocycles. The minimum atomic E-state index is -1.21. The third-order valence-electron chi connectivity index (χ3n) is 29.4. The molecule has 0 N–H and O–H groups in total. The van der Waals surface area contributed by atoms with Gasteiger partial charge < -0.3 is 24.0 Å². The molecule has 21 rings (SSSR count). The first kappa shape index (κ1) is 78.3. The number of nitrogens with zero attached hydrogens (tertiary/aromatic N) is 2. The normalized spacial score (nSPS) is 29.4. The Bertz CT molecular complexity index is 6000. The van der Waals surface area contributed by atoms with Crippen molar-refractivity contribution in [2.45, 2.75) is 163 Å². The average Bonchev–Trinajstić information content (AvgIpc) is 1.54. The number of anilines is 2. The molecular weight excluding hydrogens is 1520 g/mol. The van der Waals surface area contributed by atoms with Gasteiger partial charge >= 0.3 is 0 Å². The Hall–Kier alpha value is -11.9. The van der Waals surface area contributed by atoms with Gasteiger partial charge in [0.25, 0.3) is 0 Å². The molecule has 14 atom stereocenters. The van der Waals surface area contributed by atoms with E-state index in [1.807, 2.05) is 24.3 Å². The molecule has 1 heterocycles. The lowest BCUT2D eigenvalue weighted by Crippen LogP contribution is -2.42. The molecular formula is C114H104F4N2O3. The number of benzene rings is 6. The summed E-state index contributed by atoms with van der Waals surface area (Å²) in [4.78, 5) is 4.92. The highest BCUT2D eigenvalue weighted by Gasteiger charge is 2.61. The molecule has 123 heavy (non-hydrogen) atoms. The number of halogens is 4. The van der Waals surface area contributed by atoms with Crippen LogP contribution in [-0.2, 0) is 14.9 Å². The fourth-order valence-electron chi connectivity index (χ4n) is 23.6. The molecule has 1 aliphatic heterocycles. The van der Waals surface area contributed by atoms with Gasteiger partial charge in [0, 0.05) is 125 Å². The summed E-state index contributed by atoms with van der Waals surface area (Å²) < 4.78 is 91.9. The van der Waals surface area contributed by atoms with Crippen LogP contribution in [0.3, 0.4) is 0 Å². The van der Waals surface area contributed by atoms with E-state index in [2.05, 4.69) is 302 Å². The Morgan fingerprint density at radius 3 is 1.97 bits per heavy atom. The first-order valence-corrected chi connectivity index (χ1v) is 45.2. The van der Waals surface area contributed by atoms with Crippen molar-refractivity contribution in [1.29, 1.82) is 0 Å². The fourth-order valence-corrected chi connectivity index (χ4v) is 23.6. The van der Waals surface area contributed by atoms with Crippen molar-refractivity contribution in [2.75, 3.05) is 4.90 Å². The Kier molecular flexibility index (Phi) is 21.0. The molecule has 15 aliphatic rings. The number of hydrogen-bond donors (Lipinski definition) is 0. The Balaban J connectivity index is 0.651. The highest BCUT2D eigenvalue weighted by molar-refractivity contribution is 5.79. The molecule has 6 aromatic rings. The van der Waals surface area contributed by atoms with E-state index in [4.69, 9.17) is 14.2 Å². The van der Waals surface area contributed by atoms with Crippen LogP contribution < -0.4 is 9.64 Å². The van der Waals surface area contributed by atoms with Gasteiger partial charge in [-0.05, 0) is 217 Å². The largest absolute Gasteiger partial charge is 0.491 e. The predicted octanol–water partition coefficient (Wildman–Crippen LogP) is 29.4. The van der Waals surface area contributed by atoms with Crippen molar-refractivity contribution in [1.82, 2.24) is 4.90 Å². The first-order valence-electron chi connectivity index (χ1n) is 45.2. The third-order valence-corrected chi connectivity index (χ3v) is 29.4. The van der Waals surface area contributed by atoms with E-state index in [1.165, 1.54) is 22.3 Å².